The minimum atomic E-state index is -1.13. The molecule has 148 valence electrons. The Labute approximate surface area is 168 Å². The van der Waals surface area contributed by atoms with Crippen LogP contribution < -0.4 is 0 Å². The second-order valence-electron chi connectivity index (χ2n) is 9.65. The Kier molecular flexibility index (Phi) is 6.43. The summed E-state index contributed by atoms with van der Waals surface area (Å²) in [5.74, 6) is 1.39. The summed E-state index contributed by atoms with van der Waals surface area (Å²) in [5.41, 5.74) is 3.78. The summed E-state index contributed by atoms with van der Waals surface area (Å²) in [5, 5.41) is 0. The molecule has 0 aliphatic heterocycles. The van der Waals surface area contributed by atoms with Crippen LogP contribution in [0.25, 0.3) is 0 Å². The lowest BCUT2D eigenvalue weighted by atomic mass is 9.99. The van der Waals surface area contributed by atoms with Crippen molar-refractivity contribution < 1.29 is 0 Å². The first kappa shape index (κ1) is 19.7. The Bertz CT molecular complexity index is 520. The first-order valence-electron chi connectivity index (χ1n) is 11.8. The van der Waals surface area contributed by atoms with Gasteiger partial charge in [0.1, 0.15) is 0 Å². The third-order valence-corrected chi connectivity index (χ3v) is 15.6. The maximum Gasteiger partial charge on any atom is 0.0775 e. The van der Waals surface area contributed by atoms with E-state index in [2.05, 4.69) is 62.5 Å². The van der Waals surface area contributed by atoms with Gasteiger partial charge < -0.3 is 0 Å². The van der Waals surface area contributed by atoms with E-state index >= 15 is 0 Å². The lowest BCUT2D eigenvalue weighted by molar-refractivity contribution is 0.463. The molecule has 0 amide bonds. The van der Waals surface area contributed by atoms with Crippen LogP contribution in [0.4, 0.5) is 0 Å². The number of hydrogen-bond donors (Lipinski definition) is 0. The molecular formula is C26H40P+. The van der Waals surface area contributed by atoms with E-state index in [0.717, 1.165) is 22.6 Å². The normalized spacial score (nSPS) is 27.6. The summed E-state index contributed by atoms with van der Waals surface area (Å²) >= 11 is 0. The molecule has 0 heterocycles. The molecule has 0 N–H and O–H groups in total. The zero-order valence-electron chi connectivity index (χ0n) is 17.6. The fraction of sp³-hybridized carbons (Fsp3) is 0.692. The highest BCUT2D eigenvalue weighted by atomic mass is 31.2. The molecule has 0 unspecified atom stereocenters. The zero-order chi connectivity index (χ0) is 18.7. The van der Waals surface area contributed by atoms with E-state index in [1.807, 2.05) is 0 Å². The van der Waals surface area contributed by atoms with E-state index in [1.165, 1.54) is 64.2 Å². The number of allylic oxidation sites excluding steroid dienone is 8. The largest absolute Gasteiger partial charge is 0.0775 e. The summed E-state index contributed by atoms with van der Waals surface area (Å²) in [7, 11) is -1.13. The fourth-order valence-electron chi connectivity index (χ4n) is 7.19. The third kappa shape index (κ3) is 3.69. The van der Waals surface area contributed by atoms with Gasteiger partial charge >= 0.3 is 0 Å². The quantitative estimate of drug-likeness (QED) is 0.408. The van der Waals surface area contributed by atoms with Crippen LogP contribution >= 0.6 is 7.26 Å². The van der Waals surface area contributed by atoms with E-state index in [-0.39, 0.29) is 0 Å². The highest BCUT2D eigenvalue weighted by Gasteiger charge is 2.61. The number of rotatable bonds is 6. The molecule has 27 heavy (non-hydrogen) atoms. The Hall–Kier alpha value is -0.610. The maximum absolute atomic E-state index is 2.68. The van der Waals surface area contributed by atoms with Gasteiger partial charge in [0.25, 0.3) is 0 Å². The van der Waals surface area contributed by atoms with Gasteiger partial charge in [0.15, 0.2) is 0 Å². The van der Waals surface area contributed by atoms with Crippen LogP contribution in [0.5, 0.6) is 0 Å². The van der Waals surface area contributed by atoms with Crippen molar-refractivity contribution in [1.29, 1.82) is 0 Å². The molecule has 0 spiro atoms. The summed E-state index contributed by atoms with van der Waals surface area (Å²) in [6.07, 6.45) is 34.4. The molecule has 0 radical (unpaired) electrons. The molecule has 4 aliphatic carbocycles. The van der Waals surface area contributed by atoms with Crippen molar-refractivity contribution in [2.75, 3.05) is 0 Å². The van der Waals surface area contributed by atoms with E-state index in [0.29, 0.717) is 11.8 Å². The molecule has 0 aromatic rings. The summed E-state index contributed by atoms with van der Waals surface area (Å²) in [6, 6.07) is 0. The Morgan fingerprint density at radius 2 is 0.889 bits per heavy atom. The Morgan fingerprint density at radius 1 is 0.556 bits per heavy atom. The van der Waals surface area contributed by atoms with Gasteiger partial charge in [-0.1, -0.05) is 61.4 Å². The second kappa shape index (κ2) is 8.82. The van der Waals surface area contributed by atoms with Crippen molar-refractivity contribution in [2.45, 2.75) is 101 Å². The molecule has 0 saturated heterocycles. The topological polar surface area (TPSA) is 0 Å². The van der Waals surface area contributed by atoms with Gasteiger partial charge in [-0.15, -0.1) is 0 Å². The van der Waals surface area contributed by atoms with Crippen LogP contribution in [0.15, 0.2) is 48.6 Å². The first-order chi connectivity index (χ1) is 13.2. The summed E-state index contributed by atoms with van der Waals surface area (Å²) in [6.45, 7) is 5.36. The van der Waals surface area contributed by atoms with Gasteiger partial charge in [-0.3, -0.25) is 0 Å². The van der Waals surface area contributed by atoms with Crippen molar-refractivity contribution in [2.24, 2.45) is 11.8 Å². The SMILES string of the molecule is C[C@H](C1C=CC=C1)[P+](C1CCCCC1)(C1CCCCC1)[C@H](C)C1C=CC=C1. The minimum absolute atomic E-state index is 0.694. The minimum Gasteiger partial charge on any atom is -0.0738 e. The van der Waals surface area contributed by atoms with E-state index < -0.39 is 7.26 Å². The van der Waals surface area contributed by atoms with Crippen LogP contribution in [0, 0.1) is 11.8 Å². The monoisotopic (exact) mass is 383 g/mol. The van der Waals surface area contributed by atoms with E-state index in [9.17, 15) is 0 Å². The third-order valence-electron chi connectivity index (χ3n) is 8.49. The molecule has 4 aliphatic rings. The molecule has 0 aromatic carbocycles. The molecule has 0 bridgehead atoms. The summed E-state index contributed by atoms with van der Waals surface area (Å²) in [4.78, 5) is 0. The van der Waals surface area contributed by atoms with Gasteiger partial charge in [-0.2, -0.15) is 0 Å². The summed E-state index contributed by atoms with van der Waals surface area (Å²) < 4.78 is 0. The average molecular weight is 384 g/mol. The van der Waals surface area contributed by atoms with Crippen molar-refractivity contribution in [3.05, 3.63) is 48.6 Å². The fourth-order valence-corrected chi connectivity index (χ4v) is 15.3. The van der Waals surface area contributed by atoms with Gasteiger partial charge in [-0.05, 0) is 65.2 Å². The van der Waals surface area contributed by atoms with Gasteiger partial charge in [0.2, 0.25) is 0 Å². The molecule has 2 fully saturated rings. The van der Waals surface area contributed by atoms with E-state index in [1.54, 1.807) is 0 Å². The Morgan fingerprint density at radius 3 is 1.22 bits per heavy atom. The maximum atomic E-state index is 2.68. The lowest BCUT2D eigenvalue weighted by Crippen LogP contribution is -2.42. The first-order valence-corrected chi connectivity index (χ1v) is 13.9. The lowest BCUT2D eigenvalue weighted by Gasteiger charge is -2.52. The Balaban J connectivity index is 1.77. The predicted octanol–water partition coefficient (Wildman–Crippen LogP) is 7.93. The van der Waals surface area contributed by atoms with E-state index in [4.69, 9.17) is 0 Å². The molecule has 2 saturated carbocycles. The highest BCUT2D eigenvalue weighted by Crippen LogP contribution is 2.80. The molecule has 1 heteroatoms. The van der Waals surface area contributed by atoms with Gasteiger partial charge in [0.05, 0.1) is 22.6 Å². The van der Waals surface area contributed by atoms with Crippen molar-refractivity contribution in [3.63, 3.8) is 0 Å². The standard InChI is InChI=1S/C26H40P/c1-21(23-13-9-10-14-23)27(25-17-5-3-6-18-25,26-19-7-4-8-20-26)22(2)24-15-11-12-16-24/h9-16,21-26H,3-8,17-20H2,1-2H3/q+1/t21-,22-/m1/s1. The van der Waals surface area contributed by atoms with Gasteiger partial charge in [-0.25, -0.2) is 0 Å². The van der Waals surface area contributed by atoms with Crippen molar-refractivity contribution in [3.8, 4) is 0 Å². The smallest absolute Gasteiger partial charge is 0.0738 e. The molecule has 2 atom stereocenters. The highest BCUT2D eigenvalue weighted by molar-refractivity contribution is 7.78. The zero-order valence-corrected chi connectivity index (χ0v) is 18.5. The average Bonchev–Trinajstić information content (AvgIpc) is 3.44. The molecular weight excluding hydrogens is 343 g/mol. The van der Waals surface area contributed by atoms with Crippen LogP contribution in [-0.4, -0.2) is 22.6 Å². The molecule has 0 nitrogen and oxygen atoms in total. The van der Waals surface area contributed by atoms with Crippen LogP contribution in [0.2, 0.25) is 0 Å². The second-order valence-corrected chi connectivity index (χ2v) is 14.5. The molecule has 4 rings (SSSR count). The predicted molar refractivity (Wildman–Crippen MR) is 123 cm³/mol. The van der Waals surface area contributed by atoms with Crippen LogP contribution in [-0.2, 0) is 0 Å². The van der Waals surface area contributed by atoms with Gasteiger partial charge in [0, 0.05) is 19.1 Å². The number of hydrogen-bond acceptors (Lipinski definition) is 0. The molecule has 0 aromatic heterocycles. The van der Waals surface area contributed by atoms with Crippen LogP contribution in [0.3, 0.4) is 0 Å². The van der Waals surface area contributed by atoms with Crippen molar-refractivity contribution >= 4 is 7.26 Å². The van der Waals surface area contributed by atoms with Crippen LogP contribution in [0.1, 0.15) is 78.1 Å². The van der Waals surface area contributed by atoms with Crippen molar-refractivity contribution in [1.82, 2.24) is 0 Å².